The van der Waals surface area contributed by atoms with Crippen molar-refractivity contribution in [2.45, 2.75) is 51.7 Å². The summed E-state index contributed by atoms with van der Waals surface area (Å²) in [5, 5.41) is 25.3. The molecule has 2 amide bonds. The summed E-state index contributed by atoms with van der Waals surface area (Å²) < 4.78 is 22.9. The van der Waals surface area contributed by atoms with Gasteiger partial charge in [0.15, 0.2) is 23.2 Å². The van der Waals surface area contributed by atoms with Crippen molar-refractivity contribution in [2.75, 3.05) is 86.3 Å². The highest BCUT2D eigenvalue weighted by Gasteiger charge is 2.37. The minimum Gasteiger partial charge on any atom is -0.484 e. The van der Waals surface area contributed by atoms with Gasteiger partial charge < -0.3 is 61.1 Å². The van der Waals surface area contributed by atoms with Gasteiger partial charge in [-0.1, -0.05) is 0 Å². The van der Waals surface area contributed by atoms with Crippen LogP contribution < -0.4 is 41.4 Å². The number of hydrogen-bond acceptors (Lipinski definition) is 18. The van der Waals surface area contributed by atoms with Gasteiger partial charge in [-0.2, -0.15) is 0 Å². The van der Waals surface area contributed by atoms with Crippen molar-refractivity contribution >= 4 is 57.3 Å². The number of ketones is 2. The van der Waals surface area contributed by atoms with Crippen LogP contribution in [-0.2, 0) is 31.9 Å². The summed E-state index contributed by atoms with van der Waals surface area (Å²) in [4.78, 5) is 70.0. The Morgan fingerprint density at radius 1 is 0.636 bits per heavy atom. The van der Waals surface area contributed by atoms with Crippen molar-refractivity contribution in [3.8, 4) is 11.5 Å². The number of fused-ring (bicyclic) bond motifs is 2. The number of anilines is 4. The third kappa shape index (κ3) is 10.4. The minimum absolute atomic E-state index is 0.0787. The maximum atomic E-state index is 13.2. The van der Waals surface area contributed by atoms with Gasteiger partial charge >= 0.3 is 0 Å². The number of carbonyl (C=O) groups excluding carboxylic acids is 4. The van der Waals surface area contributed by atoms with E-state index in [-0.39, 0.29) is 47.6 Å². The fourth-order valence-corrected chi connectivity index (χ4v) is 7.79. The molecule has 20 heteroatoms. The zero-order valence-electron chi connectivity index (χ0n) is 37.3. The molecule has 0 spiro atoms. The third-order valence-corrected chi connectivity index (χ3v) is 11.5. The number of nitrogens with one attached hydrogen (secondary N) is 2. The molecule has 4 aromatic rings. The molecule has 0 saturated carbocycles. The molecule has 2 saturated heterocycles. The van der Waals surface area contributed by atoms with E-state index in [2.05, 4.69) is 40.4 Å². The van der Waals surface area contributed by atoms with Crippen LogP contribution in [0.5, 0.6) is 11.5 Å². The van der Waals surface area contributed by atoms with Crippen LogP contribution in [0.1, 0.15) is 71.2 Å². The first-order chi connectivity index (χ1) is 31.7. The van der Waals surface area contributed by atoms with Crippen LogP contribution in [0.4, 0.5) is 22.7 Å². The van der Waals surface area contributed by atoms with Gasteiger partial charge in [0.1, 0.15) is 22.7 Å². The number of ether oxygens (including phenoxy) is 4. The number of nitrogens with two attached hydrogens (primary N) is 2. The number of morpholine rings is 2. The van der Waals surface area contributed by atoms with Crippen LogP contribution in [0.15, 0.2) is 61.5 Å². The van der Waals surface area contributed by atoms with E-state index in [1.54, 1.807) is 0 Å². The molecule has 2 aromatic heterocycles. The van der Waals surface area contributed by atoms with Crippen molar-refractivity contribution in [1.82, 2.24) is 19.9 Å². The molecule has 4 aliphatic heterocycles. The van der Waals surface area contributed by atoms with E-state index < -0.39 is 23.0 Å². The minimum atomic E-state index is -0.706. The van der Waals surface area contributed by atoms with E-state index in [0.29, 0.717) is 99.4 Å². The molecular formula is C46H54N10O10. The summed E-state index contributed by atoms with van der Waals surface area (Å²) >= 11 is 0. The van der Waals surface area contributed by atoms with Crippen LogP contribution in [0.2, 0.25) is 0 Å². The molecule has 4 aliphatic rings. The van der Waals surface area contributed by atoms with Gasteiger partial charge in [0.05, 0.1) is 84.7 Å². The number of Topliss-reactive ketones (excluding diaryl/α,β-unsaturated/α-hetero) is 2. The van der Waals surface area contributed by atoms with E-state index in [1.807, 2.05) is 38.1 Å². The molecule has 8 N–H and O–H groups in total. The normalized spacial score (nSPS) is 20.2. The molecule has 20 nitrogen and oxygen atoms in total. The predicted octanol–water partition coefficient (Wildman–Crippen LogP) is 2.28. The number of benzene rings is 2. The number of carbonyl (C=O) groups is 4. The second-order valence-corrected chi connectivity index (χ2v) is 16.7. The Labute approximate surface area is 381 Å². The quantitative estimate of drug-likeness (QED) is 0.0879. The molecule has 6 heterocycles. The molecule has 2 fully saturated rings. The number of hydrogen-bond donors (Lipinski definition) is 6. The molecule has 66 heavy (non-hydrogen) atoms. The molecule has 2 aromatic carbocycles. The van der Waals surface area contributed by atoms with Crippen LogP contribution in [0.25, 0.3) is 11.1 Å². The summed E-state index contributed by atoms with van der Waals surface area (Å²) in [6.45, 7) is 11.2. The lowest BCUT2D eigenvalue weighted by Crippen LogP contribution is -2.37. The standard InChI is InChI=1S/2C23H27N5O5/c2*1-14(30)16-11-25-21(26-12-16)17(10-24)22(31)27-18-7-15-9-23(2,13-29)33-20(15)8-19(18)28-3-5-32-6-4-28/h2*7-8,10-12,29H,3-6,9,13,24H2,1-2H3,(H,27,31)/t2*23-/m10/s1. The maximum Gasteiger partial charge on any atom is 0.261 e. The predicted molar refractivity (Wildman–Crippen MR) is 244 cm³/mol. The highest BCUT2D eigenvalue weighted by molar-refractivity contribution is 6.25. The van der Waals surface area contributed by atoms with E-state index in [0.717, 1.165) is 34.9 Å². The summed E-state index contributed by atoms with van der Waals surface area (Å²) in [5.41, 5.74) is 15.4. The Hall–Kier alpha value is -7.00. The smallest absolute Gasteiger partial charge is 0.261 e. The average molecular weight is 907 g/mol. The first-order valence-corrected chi connectivity index (χ1v) is 21.4. The largest absolute Gasteiger partial charge is 0.484 e. The molecule has 8 rings (SSSR count). The number of amides is 2. The van der Waals surface area contributed by atoms with Crippen molar-refractivity contribution < 1.29 is 48.3 Å². The maximum absolute atomic E-state index is 13.2. The molecular weight excluding hydrogens is 853 g/mol. The first-order valence-electron chi connectivity index (χ1n) is 21.4. The van der Waals surface area contributed by atoms with Crippen molar-refractivity contribution in [1.29, 1.82) is 0 Å². The van der Waals surface area contributed by atoms with E-state index in [1.165, 1.54) is 38.6 Å². The molecule has 0 aliphatic carbocycles. The Kier molecular flexibility index (Phi) is 14.3. The average Bonchev–Trinajstić information content (AvgIpc) is 3.85. The van der Waals surface area contributed by atoms with Gasteiger partial charge in [-0.25, -0.2) is 19.9 Å². The topological polar surface area (TPSA) is 280 Å². The van der Waals surface area contributed by atoms with Crippen LogP contribution in [0.3, 0.4) is 0 Å². The van der Waals surface area contributed by atoms with Crippen LogP contribution in [-0.4, -0.2) is 131 Å². The highest BCUT2D eigenvalue weighted by atomic mass is 16.5. The van der Waals surface area contributed by atoms with Gasteiger partial charge in [0.2, 0.25) is 0 Å². The zero-order valence-corrected chi connectivity index (χ0v) is 37.3. The Morgan fingerprint density at radius 3 is 1.29 bits per heavy atom. The number of aromatic nitrogens is 4. The van der Waals surface area contributed by atoms with Crippen LogP contribution in [0, 0.1) is 0 Å². The van der Waals surface area contributed by atoms with E-state index >= 15 is 0 Å². The van der Waals surface area contributed by atoms with Gasteiger partial charge in [-0.15, -0.1) is 0 Å². The molecule has 2 atom stereocenters. The lowest BCUT2D eigenvalue weighted by Gasteiger charge is -2.31. The lowest BCUT2D eigenvalue weighted by molar-refractivity contribution is -0.111. The Balaban J connectivity index is 0.000000196. The van der Waals surface area contributed by atoms with E-state index in [9.17, 15) is 29.4 Å². The van der Waals surface area contributed by atoms with Crippen molar-refractivity contribution in [3.05, 3.63) is 95.4 Å². The third-order valence-electron chi connectivity index (χ3n) is 11.5. The highest BCUT2D eigenvalue weighted by Crippen LogP contribution is 2.43. The molecule has 0 bridgehead atoms. The summed E-state index contributed by atoms with van der Waals surface area (Å²) in [6.07, 6.45) is 8.77. The Morgan fingerprint density at radius 2 is 0.985 bits per heavy atom. The molecule has 0 radical (unpaired) electrons. The second-order valence-electron chi connectivity index (χ2n) is 16.7. The number of aliphatic hydroxyl groups is 2. The summed E-state index contributed by atoms with van der Waals surface area (Å²) in [5.74, 6) is 0.296. The molecule has 0 unspecified atom stereocenters. The summed E-state index contributed by atoms with van der Waals surface area (Å²) in [7, 11) is 0. The number of nitrogens with zero attached hydrogens (tertiary/aromatic N) is 6. The van der Waals surface area contributed by atoms with Gasteiger partial charge in [0.25, 0.3) is 11.8 Å². The van der Waals surface area contributed by atoms with E-state index in [4.69, 9.17) is 30.4 Å². The van der Waals surface area contributed by atoms with Crippen LogP contribution >= 0.6 is 0 Å². The summed E-state index contributed by atoms with van der Waals surface area (Å²) in [6, 6.07) is 7.52. The first kappa shape index (κ1) is 47.0. The van der Waals surface area contributed by atoms with Crippen molar-refractivity contribution in [2.24, 2.45) is 11.5 Å². The SMILES string of the molecule is CC(=O)c1cnc(C(=CN)C(=O)Nc2cc3c(cc2N2CCOCC2)O[C@@](C)(CO)C3)nc1.CC(=O)c1cnc(C(=CN)C(=O)Nc2cc3c(cc2N2CCOCC2)O[C@](C)(CO)C3)nc1. The van der Waals surface area contributed by atoms with Crippen molar-refractivity contribution in [3.63, 3.8) is 0 Å². The fraction of sp³-hybridized carbons (Fsp3) is 0.391. The van der Waals surface area contributed by atoms with Gasteiger partial charge in [-0.3, -0.25) is 19.2 Å². The Bertz CT molecular complexity index is 2370. The second kappa shape index (κ2) is 20.0. The zero-order chi connectivity index (χ0) is 47.2. The van der Waals surface area contributed by atoms with Gasteiger partial charge in [0, 0.05) is 99.5 Å². The monoisotopic (exact) mass is 906 g/mol. The fourth-order valence-electron chi connectivity index (χ4n) is 7.79. The molecule has 348 valence electrons. The lowest BCUT2D eigenvalue weighted by atomic mass is 9.99. The van der Waals surface area contributed by atoms with Gasteiger partial charge in [-0.05, 0) is 39.8 Å². The number of rotatable bonds is 12. The number of aliphatic hydroxyl groups excluding tert-OH is 2.